The van der Waals surface area contributed by atoms with Crippen LogP contribution in [0.15, 0.2) is 12.1 Å². The van der Waals surface area contributed by atoms with Crippen LogP contribution in [-0.4, -0.2) is 18.0 Å². The third kappa shape index (κ3) is 7.42. The number of hydrogen-bond donors (Lipinski definition) is 0. The molecule has 7 heteroatoms. The van der Waals surface area contributed by atoms with Gasteiger partial charge in [0.2, 0.25) is 0 Å². The van der Waals surface area contributed by atoms with Crippen LogP contribution in [-0.2, 0) is 14.3 Å². The summed E-state index contributed by atoms with van der Waals surface area (Å²) in [4.78, 5) is 23.4. The Hall–Kier alpha value is -0.970. The van der Waals surface area contributed by atoms with Crippen molar-refractivity contribution < 1.29 is 19.1 Å². The number of halogens is 3. The molecule has 1 rings (SSSR count). The minimum absolute atomic E-state index is 0.0620. The maximum absolute atomic E-state index is 11.8. The summed E-state index contributed by atoms with van der Waals surface area (Å²) in [6.07, 6.45) is 2.22. The molecule has 0 amide bonds. The van der Waals surface area contributed by atoms with Gasteiger partial charge in [0.25, 0.3) is 0 Å². The van der Waals surface area contributed by atoms with Gasteiger partial charge in [0, 0.05) is 17.9 Å². The highest BCUT2D eigenvalue weighted by atomic mass is 35.5. The average molecular weight is 382 g/mol. The Morgan fingerprint density at radius 3 is 2.22 bits per heavy atom. The standard InChI is InChI=1S/C16H19Cl3O4/c1-3-5-10(2)22-14(20)6-4-7-15(21)23-16-12(18)8-11(17)9-13(16)19/h8-10H,3-7H2,1-2H3. The van der Waals surface area contributed by atoms with Gasteiger partial charge >= 0.3 is 11.9 Å². The zero-order chi connectivity index (χ0) is 17.4. The molecule has 4 nitrogen and oxygen atoms in total. The van der Waals surface area contributed by atoms with Crippen LogP contribution in [0.5, 0.6) is 5.75 Å². The van der Waals surface area contributed by atoms with Crippen LogP contribution in [0, 0.1) is 0 Å². The first-order valence-electron chi connectivity index (χ1n) is 7.38. The fraction of sp³-hybridized carbons (Fsp3) is 0.500. The predicted molar refractivity (Wildman–Crippen MR) is 91.4 cm³/mol. The first kappa shape index (κ1) is 20.1. The minimum atomic E-state index is -0.523. The van der Waals surface area contributed by atoms with E-state index in [2.05, 4.69) is 0 Å². The van der Waals surface area contributed by atoms with Crippen molar-refractivity contribution in [1.82, 2.24) is 0 Å². The molecule has 0 spiro atoms. The Morgan fingerprint density at radius 2 is 1.65 bits per heavy atom. The van der Waals surface area contributed by atoms with Gasteiger partial charge in [-0.05, 0) is 31.9 Å². The van der Waals surface area contributed by atoms with Crippen molar-refractivity contribution in [2.24, 2.45) is 0 Å². The molecule has 1 aromatic rings. The van der Waals surface area contributed by atoms with E-state index in [0.29, 0.717) is 11.4 Å². The van der Waals surface area contributed by atoms with Crippen LogP contribution in [0.25, 0.3) is 0 Å². The molecule has 1 atom stereocenters. The van der Waals surface area contributed by atoms with Crippen LogP contribution in [0.2, 0.25) is 15.1 Å². The maximum Gasteiger partial charge on any atom is 0.311 e. The SMILES string of the molecule is CCCC(C)OC(=O)CCCC(=O)Oc1c(Cl)cc(Cl)cc1Cl. The van der Waals surface area contributed by atoms with E-state index in [0.717, 1.165) is 12.8 Å². The van der Waals surface area contributed by atoms with Gasteiger partial charge in [-0.1, -0.05) is 48.1 Å². The second kappa shape index (κ2) is 10.0. The zero-order valence-corrected chi connectivity index (χ0v) is 15.3. The number of carbonyl (C=O) groups excluding carboxylic acids is 2. The number of benzene rings is 1. The Bertz CT molecular complexity index is 537. The Labute approximate surface area is 151 Å². The van der Waals surface area contributed by atoms with E-state index in [-0.39, 0.29) is 40.7 Å². The van der Waals surface area contributed by atoms with E-state index < -0.39 is 5.97 Å². The molecular weight excluding hydrogens is 363 g/mol. The maximum atomic E-state index is 11.8. The molecule has 128 valence electrons. The van der Waals surface area contributed by atoms with Crippen molar-refractivity contribution in [1.29, 1.82) is 0 Å². The molecule has 0 heterocycles. The van der Waals surface area contributed by atoms with Gasteiger partial charge < -0.3 is 9.47 Å². The highest BCUT2D eigenvalue weighted by Gasteiger charge is 2.15. The second-order valence-corrected chi connectivity index (χ2v) is 6.37. The third-order valence-corrected chi connectivity index (χ3v) is 3.75. The second-order valence-electron chi connectivity index (χ2n) is 5.12. The summed E-state index contributed by atoms with van der Waals surface area (Å²) in [5.41, 5.74) is 0. The van der Waals surface area contributed by atoms with Crippen LogP contribution in [0.4, 0.5) is 0 Å². The number of rotatable bonds is 8. The molecule has 0 aromatic heterocycles. The summed E-state index contributed by atoms with van der Waals surface area (Å²) in [6, 6.07) is 2.87. The van der Waals surface area contributed by atoms with E-state index in [1.165, 1.54) is 12.1 Å². The molecule has 0 bridgehead atoms. The lowest BCUT2D eigenvalue weighted by Crippen LogP contribution is -2.15. The van der Waals surface area contributed by atoms with Crippen LogP contribution < -0.4 is 4.74 Å². The first-order chi connectivity index (χ1) is 10.8. The van der Waals surface area contributed by atoms with Gasteiger partial charge in [-0.25, -0.2) is 0 Å². The van der Waals surface area contributed by atoms with Crippen LogP contribution in [0.3, 0.4) is 0 Å². The largest absolute Gasteiger partial charge is 0.463 e. The summed E-state index contributed by atoms with van der Waals surface area (Å²) in [5.74, 6) is -0.770. The topological polar surface area (TPSA) is 52.6 Å². The smallest absolute Gasteiger partial charge is 0.311 e. The molecular formula is C16H19Cl3O4. The molecule has 0 saturated heterocycles. The summed E-state index contributed by atoms with van der Waals surface area (Å²) >= 11 is 17.6. The van der Waals surface area contributed by atoms with Gasteiger partial charge in [0.15, 0.2) is 5.75 Å². The summed E-state index contributed by atoms with van der Waals surface area (Å²) < 4.78 is 10.3. The van der Waals surface area contributed by atoms with Crippen LogP contribution >= 0.6 is 34.8 Å². The quantitative estimate of drug-likeness (QED) is 0.443. The number of carbonyl (C=O) groups is 2. The zero-order valence-electron chi connectivity index (χ0n) is 13.0. The molecule has 0 aliphatic rings. The number of ether oxygens (including phenoxy) is 2. The summed E-state index contributed by atoms with van der Waals surface area (Å²) in [5, 5.41) is 0.663. The van der Waals surface area contributed by atoms with Crippen molar-refractivity contribution in [2.45, 2.75) is 52.1 Å². The van der Waals surface area contributed by atoms with E-state index in [4.69, 9.17) is 44.3 Å². The highest BCUT2D eigenvalue weighted by Crippen LogP contribution is 2.36. The number of esters is 2. The molecule has 0 aliphatic heterocycles. The lowest BCUT2D eigenvalue weighted by atomic mass is 10.2. The van der Waals surface area contributed by atoms with Gasteiger partial charge in [-0.2, -0.15) is 0 Å². The van der Waals surface area contributed by atoms with E-state index in [1.54, 1.807) is 0 Å². The van der Waals surface area contributed by atoms with Crippen molar-refractivity contribution in [3.63, 3.8) is 0 Å². The van der Waals surface area contributed by atoms with Gasteiger partial charge in [-0.3, -0.25) is 9.59 Å². The molecule has 1 unspecified atom stereocenters. The van der Waals surface area contributed by atoms with E-state index in [9.17, 15) is 9.59 Å². The Kier molecular flexibility index (Phi) is 8.74. The molecule has 0 N–H and O–H groups in total. The van der Waals surface area contributed by atoms with Crippen molar-refractivity contribution >= 4 is 46.7 Å². The molecule has 0 aliphatic carbocycles. The monoisotopic (exact) mass is 380 g/mol. The normalized spacial score (nSPS) is 11.9. The highest BCUT2D eigenvalue weighted by molar-refractivity contribution is 6.40. The molecule has 0 fully saturated rings. The molecule has 23 heavy (non-hydrogen) atoms. The van der Waals surface area contributed by atoms with Crippen molar-refractivity contribution in [3.05, 3.63) is 27.2 Å². The fourth-order valence-corrected chi connectivity index (χ4v) is 2.81. The Morgan fingerprint density at radius 1 is 1.09 bits per heavy atom. The van der Waals surface area contributed by atoms with Crippen molar-refractivity contribution in [3.8, 4) is 5.75 Å². The third-order valence-electron chi connectivity index (χ3n) is 2.97. The average Bonchev–Trinajstić information content (AvgIpc) is 2.42. The van der Waals surface area contributed by atoms with Gasteiger partial charge in [0.1, 0.15) is 0 Å². The van der Waals surface area contributed by atoms with Gasteiger partial charge in [0.05, 0.1) is 16.1 Å². The first-order valence-corrected chi connectivity index (χ1v) is 8.51. The summed E-state index contributed by atoms with van der Waals surface area (Å²) in [6.45, 7) is 3.87. The summed E-state index contributed by atoms with van der Waals surface area (Å²) in [7, 11) is 0. The van der Waals surface area contributed by atoms with Crippen LogP contribution in [0.1, 0.15) is 46.0 Å². The molecule has 1 aromatic carbocycles. The fourth-order valence-electron chi connectivity index (χ4n) is 1.92. The number of hydrogen-bond acceptors (Lipinski definition) is 4. The Balaban J connectivity index is 2.39. The van der Waals surface area contributed by atoms with E-state index >= 15 is 0 Å². The minimum Gasteiger partial charge on any atom is -0.463 e. The molecule has 0 radical (unpaired) electrons. The lowest BCUT2D eigenvalue weighted by molar-refractivity contribution is -0.148. The lowest BCUT2D eigenvalue weighted by Gasteiger charge is -2.12. The van der Waals surface area contributed by atoms with Crippen molar-refractivity contribution in [2.75, 3.05) is 0 Å². The van der Waals surface area contributed by atoms with Gasteiger partial charge in [-0.15, -0.1) is 0 Å². The predicted octanol–water partition coefficient (Wildman–Crippen LogP) is 5.45. The van der Waals surface area contributed by atoms with E-state index in [1.807, 2.05) is 13.8 Å². The molecule has 0 saturated carbocycles.